The van der Waals surface area contributed by atoms with Crippen molar-refractivity contribution in [3.05, 3.63) is 107 Å². The molecule has 0 radical (unpaired) electrons. The van der Waals surface area contributed by atoms with E-state index < -0.39 is 12.1 Å². The first-order chi connectivity index (χ1) is 14.5. The molecule has 1 aliphatic rings. The predicted octanol–water partition coefficient (Wildman–Crippen LogP) is 4.77. The fourth-order valence-electron chi connectivity index (χ4n) is 4.12. The number of ether oxygens (including phenoxy) is 1. The molecule has 30 heavy (non-hydrogen) atoms. The van der Waals surface area contributed by atoms with Crippen molar-refractivity contribution in [3.63, 3.8) is 0 Å². The Bertz CT molecular complexity index is 1040. The summed E-state index contributed by atoms with van der Waals surface area (Å²) in [6.45, 7) is 3.96. The number of hydrogen-bond acceptors (Lipinski definition) is 3. The second-order valence-electron chi connectivity index (χ2n) is 7.69. The second-order valence-corrected chi connectivity index (χ2v) is 7.69. The summed E-state index contributed by atoms with van der Waals surface area (Å²) in [5.41, 5.74) is 5.27. The fraction of sp³-hybridized carbons (Fsp3) is 0.231. The Hall–Kier alpha value is -3.40. The SMILES string of the molecule is CC(=O)O[C@@H](C(=O)N1CCc2ccccc2[C@H]1c1ccc(C)cc1)c1ccccc1. The molecular weight excluding hydrogens is 374 g/mol. The number of hydrogen-bond donors (Lipinski definition) is 0. The number of amides is 1. The van der Waals surface area contributed by atoms with Crippen molar-refractivity contribution < 1.29 is 14.3 Å². The molecule has 0 aromatic heterocycles. The lowest BCUT2D eigenvalue weighted by Crippen LogP contribution is -2.43. The van der Waals surface area contributed by atoms with Crippen LogP contribution in [0.1, 0.15) is 46.9 Å². The molecular formula is C26H25NO3. The van der Waals surface area contributed by atoms with Crippen LogP contribution in [0.5, 0.6) is 0 Å². The van der Waals surface area contributed by atoms with Gasteiger partial charge in [0, 0.05) is 19.0 Å². The van der Waals surface area contributed by atoms with Gasteiger partial charge in [0.15, 0.2) is 0 Å². The molecule has 0 unspecified atom stereocenters. The zero-order valence-electron chi connectivity index (χ0n) is 17.2. The Morgan fingerprint density at radius 2 is 1.60 bits per heavy atom. The van der Waals surface area contributed by atoms with Crippen LogP contribution in [0.3, 0.4) is 0 Å². The summed E-state index contributed by atoms with van der Waals surface area (Å²) in [5, 5.41) is 0. The number of rotatable bonds is 4. The quantitative estimate of drug-likeness (QED) is 0.594. The first-order valence-electron chi connectivity index (χ1n) is 10.2. The van der Waals surface area contributed by atoms with E-state index in [1.807, 2.05) is 54.3 Å². The average Bonchev–Trinajstić information content (AvgIpc) is 2.77. The Kier molecular flexibility index (Phi) is 5.66. The van der Waals surface area contributed by atoms with Crippen molar-refractivity contribution in [2.24, 2.45) is 0 Å². The van der Waals surface area contributed by atoms with Crippen LogP contribution in [0, 0.1) is 6.92 Å². The summed E-state index contributed by atoms with van der Waals surface area (Å²) in [7, 11) is 0. The molecule has 152 valence electrons. The molecule has 2 atom stereocenters. The van der Waals surface area contributed by atoms with Gasteiger partial charge in [0.2, 0.25) is 6.10 Å². The fourth-order valence-corrected chi connectivity index (χ4v) is 4.12. The molecule has 1 amide bonds. The summed E-state index contributed by atoms with van der Waals surface area (Å²) < 4.78 is 5.51. The van der Waals surface area contributed by atoms with E-state index in [2.05, 4.69) is 36.4 Å². The van der Waals surface area contributed by atoms with Crippen molar-refractivity contribution in [2.75, 3.05) is 6.54 Å². The Labute approximate surface area is 177 Å². The first-order valence-corrected chi connectivity index (χ1v) is 10.2. The molecule has 0 fully saturated rings. The summed E-state index contributed by atoms with van der Waals surface area (Å²) in [6, 6.07) is 25.5. The largest absolute Gasteiger partial charge is 0.447 e. The molecule has 0 spiro atoms. The minimum absolute atomic E-state index is 0.198. The second kappa shape index (κ2) is 8.54. The monoisotopic (exact) mass is 399 g/mol. The van der Waals surface area contributed by atoms with Crippen LogP contribution in [-0.4, -0.2) is 23.3 Å². The van der Waals surface area contributed by atoms with E-state index in [0.29, 0.717) is 12.1 Å². The van der Waals surface area contributed by atoms with Crippen molar-refractivity contribution in [1.29, 1.82) is 0 Å². The van der Waals surface area contributed by atoms with E-state index >= 15 is 0 Å². The van der Waals surface area contributed by atoms with Gasteiger partial charge in [0.05, 0.1) is 6.04 Å². The van der Waals surface area contributed by atoms with E-state index in [-0.39, 0.29) is 11.9 Å². The van der Waals surface area contributed by atoms with Gasteiger partial charge in [-0.15, -0.1) is 0 Å². The number of fused-ring (bicyclic) bond motifs is 1. The van der Waals surface area contributed by atoms with Gasteiger partial charge in [-0.25, -0.2) is 0 Å². The lowest BCUT2D eigenvalue weighted by Gasteiger charge is -2.39. The van der Waals surface area contributed by atoms with E-state index in [4.69, 9.17) is 4.74 Å². The highest BCUT2D eigenvalue weighted by Crippen LogP contribution is 2.37. The number of carbonyl (C=O) groups is 2. The molecule has 1 aliphatic heterocycles. The maximum atomic E-state index is 13.7. The predicted molar refractivity (Wildman–Crippen MR) is 116 cm³/mol. The molecule has 3 aromatic carbocycles. The highest BCUT2D eigenvalue weighted by Gasteiger charge is 2.37. The van der Waals surface area contributed by atoms with E-state index in [1.165, 1.54) is 18.1 Å². The molecule has 0 bridgehead atoms. The van der Waals surface area contributed by atoms with Gasteiger partial charge in [-0.3, -0.25) is 9.59 Å². The van der Waals surface area contributed by atoms with Crippen LogP contribution in [0.2, 0.25) is 0 Å². The van der Waals surface area contributed by atoms with Crippen molar-refractivity contribution in [2.45, 2.75) is 32.4 Å². The number of carbonyl (C=O) groups excluding carboxylic acids is 2. The normalized spacial score (nSPS) is 16.5. The molecule has 4 rings (SSSR count). The van der Waals surface area contributed by atoms with Crippen LogP contribution in [0.25, 0.3) is 0 Å². The third-order valence-corrected chi connectivity index (χ3v) is 5.57. The third-order valence-electron chi connectivity index (χ3n) is 5.57. The molecule has 1 heterocycles. The standard InChI is InChI=1S/C26H25NO3/c1-18-12-14-21(15-13-18)24-23-11-7-6-8-20(23)16-17-27(24)26(29)25(30-19(2)28)22-9-4-3-5-10-22/h3-15,24-25H,16-17H2,1-2H3/t24-,25-/m1/s1. The van der Waals surface area contributed by atoms with Gasteiger partial charge in [0.1, 0.15) is 0 Å². The van der Waals surface area contributed by atoms with Gasteiger partial charge >= 0.3 is 5.97 Å². The molecule has 0 saturated heterocycles. The smallest absolute Gasteiger partial charge is 0.303 e. The van der Waals surface area contributed by atoms with Crippen LogP contribution < -0.4 is 0 Å². The zero-order valence-corrected chi connectivity index (χ0v) is 17.2. The zero-order chi connectivity index (χ0) is 21.1. The molecule has 0 N–H and O–H groups in total. The summed E-state index contributed by atoms with van der Waals surface area (Å²) >= 11 is 0. The lowest BCUT2D eigenvalue weighted by atomic mass is 9.87. The number of esters is 1. The van der Waals surface area contributed by atoms with Gasteiger partial charge in [-0.1, -0.05) is 84.4 Å². The number of benzene rings is 3. The highest BCUT2D eigenvalue weighted by atomic mass is 16.5. The van der Waals surface area contributed by atoms with Crippen LogP contribution in [-0.2, 0) is 20.7 Å². The van der Waals surface area contributed by atoms with Crippen molar-refractivity contribution in [3.8, 4) is 0 Å². The Balaban J connectivity index is 1.77. The van der Waals surface area contributed by atoms with Crippen LogP contribution in [0.4, 0.5) is 0 Å². The van der Waals surface area contributed by atoms with Gasteiger partial charge in [-0.05, 0) is 30.0 Å². The molecule has 3 aromatic rings. The van der Waals surface area contributed by atoms with Gasteiger partial charge < -0.3 is 9.64 Å². The molecule has 4 nitrogen and oxygen atoms in total. The van der Waals surface area contributed by atoms with Crippen molar-refractivity contribution in [1.82, 2.24) is 4.90 Å². The minimum atomic E-state index is -0.957. The molecule has 0 aliphatic carbocycles. The van der Waals surface area contributed by atoms with Crippen LogP contribution in [0.15, 0.2) is 78.9 Å². The third kappa shape index (κ3) is 3.99. The number of aryl methyl sites for hydroxylation is 1. The Morgan fingerprint density at radius 1 is 0.933 bits per heavy atom. The van der Waals surface area contributed by atoms with E-state index in [9.17, 15) is 9.59 Å². The summed E-state index contributed by atoms with van der Waals surface area (Å²) in [6.07, 6.45) is -0.187. The molecule has 0 saturated carbocycles. The maximum absolute atomic E-state index is 13.7. The maximum Gasteiger partial charge on any atom is 0.303 e. The van der Waals surface area contributed by atoms with Gasteiger partial charge in [-0.2, -0.15) is 0 Å². The van der Waals surface area contributed by atoms with Crippen molar-refractivity contribution >= 4 is 11.9 Å². The van der Waals surface area contributed by atoms with Crippen LogP contribution >= 0.6 is 0 Å². The summed E-state index contributed by atoms with van der Waals surface area (Å²) in [5.74, 6) is -0.669. The highest BCUT2D eigenvalue weighted by molar-refractivity contribution is 5.85. The minimum Gasteiger partial charge on any atom is -0.447 e. The number of nitrogens with zero attached hydrogens (tertiary/aromatic N) is 1. The van der Waals surface area contributed by atoms with Gasteiger partial charge in [0.25, 0.3) is 5.91 Å². The lowest BCUT2D eigenvalue weighted by molar-refractivity contribution is -0.160. The molecule has 4 heteroatoms. The Morgan fingerprint density at radius 3 is 2.30 bits per heavy atom. The van der Waals surface area contributed by atoms with E-state index in [1.54, 1.807) is 0 Å². The first kappa shape index (κ1) is 19.9. The average molecular weight is 399 g/mol. The van der Waals surface area contributed by atoms with E-state index in [0.717, 1.165) is 17.5 Å². The summed E-state index contributed by atoms with van der Waals surface area (Å²) in [4.78, 5) is 27.4. The topological polar surface area (TPSA) is 46.6 Å².